The minimum absolute atomic E-state index is 0.0652. The van der Waals surface area contributed by atoms with E-state index in [1.165, 1.54) is 0 Å². The molecule has 4 rings (SSSR count). The van der Waals surface area contributed by atoms with E-state index < -0.39 is 28.3 Å². The van der Waals surface area contributed by atoms with Gasteiger partial charge in [-0.15, -0.1) is 10.2 Å². The van der Waals surface area contributed by atoms with E-state index in [-0.39, 0.29) is 11.5 Å². The zero-order valence-corrected chi connectivity index (χ0v) is 19.4. The number of carbonyl (C=O) groups excluding carboxylic acids is 1. The first-order valence-corrected chi connectivity index (χ1v) is 11.9. The molecule has 3 aromatic carbocycles. The fraction of sp³-hybridized carbons (Fsp3) is 0.125. The van der Waals surface area contributed by atoms with Crippen molar-refractivity contribution in [3.8, 4) is 17.2 Å². The van der Waals surface area contributed by atoms with E-state index in [0.717, 1.165) is 35.4 Å². The van der Waals surface area contributed by atoms with Crippen LogP contribution in [0.4, 0.5) is 10.1 Å². The van der Waals surface area contributed by atoms with Gasteiger partial charge in [0.05, 0.1) is 11.4 Å². The van der Waals surface area contributed by atoms with Gasteiger partial charge >= 0.3 is 0 Å². The largest absolute Gasteiger partial charge is 0.484 e. The van der Waals surface area contributed by atoms with Crippen LogP contribution in [0.25, 0.3) is 11.5 Å². The number of amides is 1. The Morgan fingerprint density at radius 1 is 1.00 bits per heavy atom. The summed E-state index contributed by atoms with van der Waals surface area (Å²) in [6, 6.07) is 18.4. The van der Waals surface area contributed by atoms with Crippen LogP contribution in [-0.4, -0.2) is 31.1 Å². The molecule has 0 saturated carbocycles. The van der Waals surface area contributed by atoms with Crippen molar-refractivity contribution in [2.24, 2.45) is 0 Å². The average molecular weight is 497 g/mol. The van der Waals surface area contributed by atoms with E-state index in [1.54, 1.807) is 24.3 Å². The Labute approximate surface area is 201 Å². The number of hydrogen-bond donors (Lipinski definition) is 2. The zero-order chi connectivity index (χ0) is 24.8. The Hall–Kier alpha value is -4.09. The van der Waals surface area contributed by atoms with Crippen molar-refractivity contribution in [1.29, 1.82) is 0 Å². The van der Waals surface area contributed by atoms with E-state index in [1.807, 2.05) is 31.2 Å². The molecule has 35 heavy (non-hydrogen) atoms. The number of sulfonamides is 1. The first-order chi connectivity index (χ1) is 16.8. The molecule has 2 N–H and O–H groups in total. The number of carbonyl (C=O) groups is 1. The smallest absolute Gasteiger partial charge is 0.254 e. The number of aryl methyl sites for hydroxylation is 1. The summed E-state index contributed by atoms with van der Waals surface area (Å²) < 4.78 is 50.8. The summed E-state index contributed by atoms with van der Waals surface area (Å²) >= 11 is 0. The molecular formula is C24H21FN4O5S. The van der Waals surface area contributed by atoms with E-state index >= 15 is 0 Å². The lowest BCUT2D eigenvalue weighted by Gasteiger charge is -2.09. The molecular weight excluding hydrogens is 475 g/mol. The van der Waals surface area contributed by atoms with Crippen molar-refractivity contribution in [2.45, 2.75) is 18.4 Å². The second-order valence-electron chi connectivity index (χ2n) is 7.46. The van der Waals surface area contributed by atoms with Gasteiger partial charge in [0.2, 0.25) is 21.8 Å². The quantitative estimate of drug-likeness (QED) is 0.362. The fourth-order valence-corrected chi connectivity index (χ4v) is 4.06. The maximum absolute atomic E-state index is 13.0. The summed E-state index contributed by atoms with van der Waals surface area (Å²) in [5, 5.41) is 10.6. The number of nitrogens with zero attached hydrogens (tertiary/aromatic N) is 2. The first kappa shape index (κ1) is 24.0. The lowest BCUT2D eigenvalue weighted by atomic mass is 10.1. The normalized spacial score (nSPS) is 11.3. The number of hydrogen-bond acceptors (Lipinski definition) is 7. The van der Waals surface area contributed by atoms with Crippen molar-refractivity contribution >= 4 is 21.6 Å². The van der Waals surface area contributed by atoms with Gasteiger partial charge in [0.1, 0.15) is 11.6 Å². The van der Waals surface area contributed by atoms with Crippen molar-refractivity contribution < 1.29 is 26.8 Å². The molecule has 0 atom stereocenters. The molecule has 180 valence electrons. The molecule has 0 saturated heterocycles. The topological polar surface area (TPSA) is 123 Å². The SMILES string of the molecule is Cc1ccccc1-c1nnc(COc2ccc(NC(=O)CNS(=O)(=O)c3ccc(F)cc3)cc2)o1. The van der Waals surface area contributed by atoms with Crippen molar-refractivity contribution in [1.82, 2.24) is 14.9 Å². The van der Waals surface area contributed by atoms with Crippen molar-refractivity contribution in [3.63, 3.8) is 0 Å². The van der Waals surface area contributed by atoms with Crippen LogP contribution in [0.1, 0.15) is 11.5 Å². The van der Waals surface area contributed by atoms with Gasteiger partial charge < -0.3 is 14.5 Å². The lowest BCUT2D eigenvalue weighted by molar-refractivity contribution is -0.115. The molecule has 1 aromatic heterocycles. The molecule has 0 spiro atoms. The summed E-state index contributed by atoms with van der Waals surface area (Å²) in [7, 11) is -3.94. The third kappa shape index (κ3) is 6.28. The Morgan fingerprint density at radius 2 is 1.71 bits per heavy atom. The number of halogens is 1. The van der Waals surface area contributed by atoms with Gasteiger partial charge in [0, 0.05) is 11.3 Å². The number of aromatic nitrogens is 2. The highest BCUT2D eigenvalue weighted by molar-refractivity contribution is 7.89. The minimum Gasteiger partial charge on any atom is -0.484 e. The maximum atomic E-state index is 13.0. The summed E-state index contributed by atoms with van der Waals surface area (Å²) in [5.74, 6) is 0.108. The van der Waals surface area contributed by atoms with Crippen LogP contribution in [0.2, 0.25) is 0 Å². The van der Waals surface area contributed by atoms with Crippen LogP contribution in [0.5, 0.6) is 5.75 Å². The zero-order valence-electron chi connectivity index (χ0n) is 18.6. The van der Waals surface area contributed by atoms with Gasteiger partial charge in [-0.05, 0) is 67.1 Å². The van der Waals surface area contributed by atoms with Gasteiger partial charge in [0.15, 0.2) is 6.61 Å². The lowest BCUT2D eigenvalue weighted by Crippen LogP contribution is -2.32. The van der Waals surface area contributed by atoms with E-state index in [9.17, 15) is 17.6 Å². The Kier molecular flexibility index (Phi) is 7.18. The monoisotopic (exact) mass is 496 g/mol. The van der Waals surface area contributed by atoms with Crippen molar-refractivity contribution in [3.05, 3.63) is 90.1 Å². The van der Waals surface area contributed by atoms with Crippen LogP contribution in [0.3, 0.4) is 0 Å². The van der Waals surface area contributed by atoms with Gasteiger partial charge in [-0.25, -0.2) is 17.5 Å². The van der Waals surface area contributed by atoms with Crippen molar-refractivity contribution in [2.75, 3.05) is 11.9 Å². The molecule has 1 heterocycles. The molecule has 1 amide bonds. The van der Waals surface area contributed by atoms with E-state index in [4.69, 9.17) is 9.15 Å². The third-order valence-corrected chi connectivity index (χ3v) is 6.31. The number of ether oxygens (including phenoxy) is 1. The average Bonchev–Trinajstić information content (AvgIpc) is 3.32. The molecule has 0 fully saturated rings. The molecule has 4 aromatic rings. The predicted molar refractivity (Wildman–Crippen MR) is 125 cm³/mol. The number of anilines is 1. The summed E-state index contributed by atoms with van der Waals surface area (Å²) in [5.41, 5.74) is 2.32. The molecule has 11 heteroatoms. The van der Waals surface area contributed by atoms with Crippen LogP contribution in [0, 0.1) is 12.7 Å². The van der Waals surface area contributed by atoms with Gasteiger partial charge in [-0.1, -0.05) is 18.2 Å². The molecule has 0 aliphatic carbocycles. The first-order valence-electron chi connectivity index (χ1n) is 10.5. The Bertz CT molecular complexity index is 1420. The summed E-state index contributed by atoms with van der Waals surface area (Å²) in [4.78, 5) is 12.0. The Balaban J connectivity index is 1.27. The molecule has 0 aliphatic heterocycles. The summed E-state index contributed by atoms with van der Waals surface area (Å²) in [6.07, 6.45) is 0. The van der Waals surface area contributed by atoms with E-state index in [0.29, 0.717) is 23.2 Å². The summed E-state index contributed by atoms with van der Waals surface area (Å²) in [6.45, 7) is 1.53. The van der Waals surface area contributed by atoms with Crippen LogP contribution >= 0.6 is 0 Å². The number of nitrogens with one attached hydrogen (secondary N) is 2. The molecule has 0 unspecified atom stereocenters. The molecule has 0 bridgehead atoms. The van der Waals surface area contributed by atoms with Gasteiger partial charge in [-0.3, -0.25) is 4.79 Å². The second kappa shape index (κ2) is 10.5. The highest BCUT2D eigenvalue weighted by atomic mass is 32.2. The maximum Gasteiger partial charge on any atom is 0.254 e. The highest BCUT2D eigenvalue weighted by Gasteiger charge is 2.16. The fourth-order valence-electron chi connectivity index (χ4n) is 3.08. The minimum atomic E-state index is -3.94. The van der Waals surface area contributed by atoms with Crippen LogP contribution in [-0.2, 0) is 21.4 Å². The van der Waals surface area contributed by atoms with Crippen LogP contribution in [0.15, 0.2) is 82.1 Å². The standard InChI is InChI=1S/C24H21FN4O5S/c1-16-4-2-3-5-21(16)24-29-28-23(34-24)15-33-19-10-8-18(9-11-19)27-22(30)14-26-35(31,32)20-12-6-17(25)7-13-20/h2-13,26H,14-15H2,1H3,(H,27,30). The highest BCUT2D eigenvalue weighted by Crippen LogP contribution is 2.22. The van der Waals surface area contributed by atoms with Gasteiger partial charge in [-0.2, -0.15) is 0 Å². The Morgan fingerprint density at radius 3 is 2.43 bits per heavy atom. The predicted octanol–water partition coefficient (Wildman–Crippen LogP) is 3.68. The van der Waals surface area contributed by atoms with E-state index in [2.05, 4.69) is 20.2 Å². The molecule has 0 aliphatic rings. The number of benzene rings is 3. The third-order valence-electron chi connectivity index (χ3n) is 4.89. The second-order valence-corrected chi connectivity index (χ2v) is 9.22. The molecule has 0 radical (unpaired) electrons. The molecule has 9 nitrogen and oxygen atoms in total. The van der Waals surface area contributed by atoms with Crippen LogP contribution < -0.4 is 14.8 Å². The van der Waals surface area contributed by atoms with Gasteiger partial charge in [0.25, 0.3) is 5.89 Å². The number of rotatable bonds is 9.